The average Bonchev–Trinajstić information content (AvgIpc) is 3.39. The van der Waals surface area contributed by atoms with Crippen LogP contribution in [0.15, 0.2) is 70.2 Å². The van der Waals surface area contributed by atoms with Crippen molar-refractivity contribution in [2.24, 2.45) is 0 Å². The summed E-state index contributed by atoms with van der Waals surface area (Å²) in [5.74, 6) is 0.788. The van der Waals surface area contributed by atoms with E-state index in [4.69, 9.17) is 4.52 Å². The van der Waals surface area contributed by atoms with Crippen LogP contribution >= 0.6 is 0 Å². The first-order chi connectivity index (χ1) is 14.7. The van der Waals surface area contributed by atoms with Crippen LogP contribution in [-0.4, -0.2) is 34.7 Å². The Balaban J connectivity index is 1.42. The highest BCUT2D eigenvalue weighted by atomic mass is 16.5. The van der Waals surface area contributed by atoms with Gasteiger partial charge in [-0.1, -0.05) is 64.5 Å². The normalized spacial score (nSPS) is 11.2. The average molecular weight is 399 g/mol. The molecule has 0 saturated carbocycles. The summed E-state index contributed by atoms with van der Waals surface area (Å²) in [5, 5.41) is 12.1. The SMILES string of the molecule is Cc1cccc(-c2noc(Cn3cnc4c(nnn4Cc4ccccc4)c3=O)n2)c1. The Bertz CT molecular complexity index is 1390. The summed E-state index contributed by atoms with van der Waals surface area (Å²) in [5.41, 5.74) is 3.33. The highest BCUT2D eigenvalue weighted by Gasteiger charge is 2.15. The topological polar surface area (TPSA) is 105 Å². The molecule has 0 atom stereocenters. The largest absolute Gasteiger partial charge is 0.337 e. The van der Waals surface area contributed by atoms with E-state index in [0.717, 1.165) is 16.7 Å². The Morgan fingerprint density at radius 2 is 1.90 bits per heavy atom. The molecule has 0 bridgehead atoms. The van der Waals surface area contributed by atoms with E-state index in [9.17, 15) is 4.79 Å². The van der Waals surface area contributed by atoms with Gasteiger partial charge in [-0.3, -0.25) is 9.36 Å². The molecule has 3 aromatic heterocycles. The first-order valence-electron chi connectivity index (χ1n) is 9.39. The lowest BCUT2D eigenvalue weighted by Crippen LogP contribution is -2.21. The molecule has 0 N–H and O–H groups in total. The smallest absolute Gasteiger partial charge is 0.283 e. The second-order valence-electron chi connectivity index (χ2n) is 6.96. The highest BCUT2D eigenvalue weighted by Crippen LogP contribution is 2.17. The molecule has 0 unspecified atom stereocenters. The Morgan fingerprint density at radius 1 is 1.03 bits per heavy atom. The third-order valence-electron chi connectivity index (χ3n) is 4.72. The molecule has 9 heteroatoms. The lowest BCUT2D eigenvalue weighted by atomic mass is 10.1. The quantitative estimate of drug-likeness (QED) is 0.447. The van der Waals surface area contributed by atoms with Crippen molar-refractivity contribution in [2.45, 2.75) is 20.0 Å². The lowest BCUT2D eigenvalue weighted by Gasteiger charge is -2.03. The fourth-order valence-corrected chi connectivity index (χ4v) is 3.23. The molecule has 0 aliphatic carbocycles. The number of hydrogen-bond acceptors (Lipinski definition) is 7. The van der Waals surface area contributed by atoms with Gasteiger partial charge >= 0.3 is 0 Å². The summed E-state index contributed by atoms with van der Waals surface area (Å²) in [6.45, 7) is 2.58. The van der Waals surface area contributed by atoms with Crippen molar-refractivity contribution in [1.29, 1.82) is 0 Å². The predicted octanol–water partition coefficient (Wildman–Crippen LogP) is 2.44. The van der Waals surface area contributed by atoms with E-state index >= 15 is 0 Å². The molecule has 5 aromatic rings. The van der Waals surface area contributed by atoms with E-state index in [0.29, 0.717) is 23.9 Å². The maximum absolute atomic E-state index is 12.8. The number of aromatic nitrogens is 7. The zero-order valence-corrected chi connectivity index (χ0v) is 16.1. The summed E-state index contributed by atoms with van der Waals surface area (Å²) >= 11 is 0. The molecular formula is C21H17N7O2. The van der Waals surface area contributed by atoms with Crippen LogP contribution in [0.25, 0.3) is 22.6 Å². The van der Waals surface area contributed by atoms with Gasteiger partial charge in [0.25, 0.3) is 5.56 Å². The summed E-state index contributed by atoms with van der Waals surface area (Å²) in [6, 6.07) is 17.6. The number of hydrogen-bond donors (Lipinski definition) is 0. The van der Waals surface area contributed by atoms with E-state index in [1.54, 1.807) is 4.68 Å². The van der Waals surface area contributed by atoms with Crippen LogP contribution in [0.4, 0.5) is 0 Å². The molecule has 0 fully saturated rings. The van der Waals surface area contributed by atoms with Gasteiger partial charge in [-0.15, -0.1) is 5.10 Å². The van der Waals surface area contributed by atoms with Crippen LogP contribution in [0.5, 0.6) is 0 Å². The Morgan fingerprint density at radius 3 is 2.73 bits per heavy atom. The molecule has 0 radical (unpaired) electrons. The molecule has 0 saturated heterocycles. The fourth-order valence-electron chi connectivity index (χ4n) is 3.23. The Labute approximate surface area is 170 Å². The number of fused-ring (bicyclic) bond motifs is 1. The van der Waals surface area contributed by atoms with Gasteiger partial charge in [0.15, 0.2) is 11.2 Å². The van der Waals surface area contributed by atoms with E-state index in [1.807, 2.05) is 61.5 Å². The number of nitrogens with zero attached hydrogens (tertiary/aromatic N) is 7. The van der Waals surface area contributed by atoms with Crippen LogP contribution in [0.2, 0.25) is 0 Å². The minimum Gasteiger partial charge on any atom is -0.337 e. The first-order valence-corrected chi connectivity index (χ1v) is 9.39. The standard InChI is InChI=1S/C21H17N7O2/c1-14-6-5-9-16(10-14)19-23-17(30-25-19)12-27-13-22-20-18(21(27)29)24-26-28(20)11-15-7-3-2-4-8-15/h2-10,13H,11-12H2,1H3. The van der Waals surface area contributed by atoms with Gasteiger partial charge in [0.1, 0.15) is 12.9 Å². The maximum Gasteiger partial charge on any atom is 0.283 e. The van der Waals surface area contributed by atoms with Crippen molar-refractivity contribution in [2.75, 3.05) is 0 Å². The molecule has 0 spiro atoms. The zero-order valence-electron chi connectivity index (χ0n) is 16.1. The molecule has 0 aliphatic rings. The third-order valence-corrected chi connectivity index (χ3v) is 4.72. The van der Waals surface area contributed by atoms with Crippen molar-refractivity contribution >= 4 is 11.2 Å². The summed E-state index contributed by atoms with van der Waals surface area (Å²) in [4.78, 5) is 21.6. The van der Waals surface area contributed by atoms with Gasteiger partial charge in [-0.2, -0.15) is 4.98 Å². The molecule has 9 nitrogen and oxygen atoms in total. The highest BCUT2D eigenvalue weighted by molar-refractivity contribution is 5.67. The molecule has 3 heterocycles. The second-order valence-corrected chi connectivity index (χ2v) is 6.96. The van der Waals surface area contributed by atoms with E-state index in [1.165, 1.54) is 10.9 Å². The van der Waals surface area contributed by atoms with Gasteiger partial charge in [0.2, 0.25) is 11.7 Å². The van der Waals surface area contributed by atoms with Crippen molar-refractivity contribution in [1.82, 2.24) is 34.7 Å². The van der Waals surface area contributed by atoms with Crippen LogP contribution in [0.3, 0.4) is 0 Å². The van der Waals surface area contributed by atoms with E-state index in [-0.39, 0.29) is 17.6 Å². The van der Waals surface area contributed by atoms with Crippen molar-refractivity contribution in [3.05, 3.63) is 88.3 Å². The molecule has 30 heavy (non-hydrogen) atoms. The number of benzene rings is 2. The minimum atomic E-state index is -0.311. The van der Waals surface area contributed by atoms with E-state index < -0.39 is 0 Å². The third kappa shape index (κ3) is 3.37. The van der Waals surface area contributed by atoms with Gasteiger partial charge in [-0.25, -0.2) is 9.67 Å². The zero-order chi connectivity index (χ0) is 20.5. The predicted molar refractivity (Wildman–Crippen MR) is 109 cm³/mol. The van der Waals surface area contributed by atoms with Crippen molar-refractivity contribution in [3.8, 4) is 11.4 Å². The minimum absolute atomic E-state index is 0.103. The van der Waals surface area contributed by atoms with Gasteiger partial charge < -0.3 is 4.52 Å². The molecule has 5 rings (SSSR count). The maximum atomic E-state index is 12.8. The van der Waals surface area contributed by atoms with Crippen LogP contribution in [0, 0.1) is 6.92 Å². The monoisotopic (exact) mass is 399 g/mol. The molecule has 0 amide bonds. The summed E-state index contributed by atoms with van der Waals surface area (Å²) in [7, 11) is 0. The van der Waals surface area contributed by atoms with Crippen molar-refractivity contribution in [3.63, 3.8) is 0 Å². The molecule has 2 aromatic carbocycles. The summed E-state index contributed by atoms with van der Waals surface area (Å²) in [6.07, 6.45) is 1.45. The number of rotatable bonds is 5. The van der Waals surface area contributed by atoms with Gasteiger partial charge in [0.05, 0.1) is 6.54 Å². The molecule has 0 aliphatic heterocycles. The van der Waals surface area contributed by atoms with Crippen LogP contribution in [0.1, 0.15) is 17.0 Å². The second kappa shape index (κ2) is 7.36. The summed E-state index contributed by atoms with van der Waals surface area (Å²) < 4.78 is 8.32. The van der Waals surface area contributed by atoms with Gasteiger partial charge in [0, 0.05) is 5.56 Å². The van der Waals surface area contributed by atoms with Crippen molar-refractivity contribution < 1.29 is 4.52 Å². The number of aryl methyl sites for hydroxylation is 1. The van der Waals surface area contributed by atoms with Crippen LogP contribution in [-0.2, 0) is 13.1 Å². The molecule has 148 valence electrons. The van der Waals surface area contributed by atoms with Crippen LogP contribution < -0.4 is 5.56 Å². The molecular weight excluding hydrogens is 382 g/mol. The first kappa shape index (κ1) is 17.9. The Kier molecular flexibility index (Phi) is 4.40. The van der Waals surface area contributed by atoms with Gasteiger partial charge in [-0.05, 0) is 18.6 Å². The fraction of sp³-hybridized carbons (Fsp3) is 0.143. The Hall–Kier alpha value is -4.14. The van der Waals surface area contributed by atoms with E-state index in [2.05, 4.69) is 25.4 Å². The lowest BCUT2D eigenvalue weighted by molar-refractivity contribution is 0.369.